The number of halogens is 1. The highest BCUT2D eigenvalue weighted by Crippen LogP contribution is 2.08. The van der Waals surface area contributed by atoms with E-state index in [1.54, 1.807) is 24.3 Å². The first-order valence-electron chi connectivity index (χ1n) is 8.85. The van der Waals surface area contributed by atoms with Gasteiger partial charge < -0.3 is 10.6 Å². The normalized spacial score (nSPS) is 10.4. The molecule has 0 saturated carbocycles. The summed E-state index contributed by atoms with van der Waals surface area (Å²) < 4.78 is 13.6. The van der Waals surface area contributed by atoms with Crippen molar-refractivity contribution in [1.82, 2.24) is 15.3 Å². The highest BCUT2D eigenvalue weighted by molar-refractivity contribution is 5.92. The minimum absolute atomic E-state index is 0.230. The van der Waals surface area contributed by atoms with Gasteiger partial charge in [0.1, 0.15) is 11.5 Å². The fourth-order valence-corrected chi connectivity index (χ4v) is 2.64. The van der Waals surface area contributed by atoms with E-state index in [2.05, 4.69) is 20.6 Å². The Labute approximate surface area is 157 Å². The van der Waals surface area contributed by atoms with Crippen LogP contribution in [0.2, 0.25) is 0 Å². The molecular weight excluding hydrogens is 343 g/mol. The number of nitrogens with zero attached hydrogens (tertiary/aromatic N) is 2. The minimum atomic E-state index is -0.245. The lowest BCUT2D eigenvalue weighted by Crippen LogP contribution is -2.27. The summed E-state index contributed by atoms with van der Waals surface area (Å²) in [5, 5.41) is 5.89. The van der Waals surface area contributed by atoms with Gasteiger partial charge in [-0.1, -0.05) is 48.5 Å². The number of amides is 1. The molecule has 0 aliphatic rings. The third-order valence-electron chi connectivity index (χ3n) is 4.07. The van der Waals surface area contributed by atoms with Crippen molar-refractivity contribution >= 4 is 11.9 Å². The summed E-state index contributed by atoms with van der Waals surface area (Å²) in [6, 6.07) is 18.2. The Morgan fingerprint density at radius 2 is 1.70 bits per heavy atom. The second-order valence-electron chi connectivity index (χ2n) is 6.03. The second-order valence-corrected chi connectivity index (χ2v) is 6.03. The number of hydrogen-bond acceptors (Lipinski definition) is 4. The van der Waals surface area contributed by atoms with E-state index in [1.165, 1.54) is 12.3 Å². The Hall–Kier alpha value is -3.28. The van der Waals surface area contributed by atoms with Crippen molar-refractivity contribution < 1.29 is 9.18 Å². The van der Waals surface area contributed by atoms with Crippen LogP contribution in [0.25, 0.3) is 0 Å². The first kappa shape index (κ1) is 18.5. The Balaban J connectivity index is 1.49. The Morgan fingerprint density at radius 1 is 0.926 bits per heavy atom. The SMILES string of the molecule is O=C(NCCc1ccccc1)c1ccnc(NCCc2ccccc2F)n1. The molecule has 0 aliphatic carbocycles. The highest BCUT2D eigenvalue weighted by Gasteiger charge is 2.08. The van der Waals surface area contributed by atoms with Crippen LogP contribution in [0, 0.1) is 5.82 Å². The third kappa shape index (κ3) is 5.60. The van der Waals surface area contributed by atoms with Gasteiger partial charge in [0, 0.05) is 19.3 Å². The van der Waals surface area contributed by atoms with E-state index in [9.17, 15) is 9.18 Å². The lowest BCUT2D eigenvalue weighted by molar-refractivity contribution is 0.0949. The molecule has 3 rings (SSSR count). The lowest BCUT2D eigenvalue weighted by Gasteiger charge is -2.08. The van der Waals surface area contributed by atoms with Crippen LogP contribution in [0.3, 0.4) is 0 Å². The van der Waals surface area contributed by atoms with Crippen molar-refractivity contribution in [3.8, 4) is 0 Å². The first-order valence-corrected chi connectivity index (χ1v) is 8.85. The zero-order valence-corrected chi connectivity index (χ0v) is 14.9. The number of hydrogen-bond donors (Lipinski definition) is 2. The maximum absolute atomic E-state index is 13.6. The van der Waals surface area contributed by atoms with E-state index in [0.29, 0.717) is 36.7 Å². The van der Waals surface area contributed by atoms with Gasteiger partial charge in [-0.15, -0.1) is 0 Å². The maximum Gasteiger partial charge on any atom is 0.270 e. The fraction of sp³-hybridized carbons (Fsp3) is 0.190. The van der Waals surface area contributed by atoms with Gasteiger partial charge in [0.15, 0.2) is 0 Å². The van der Waals surface area contributed by atoms with Gasteiger partial charge in [-0.2, -0.15) is 0 Å². The summed E-state index contributed by atoms with van der Waals surface area (Å²) in [4.78, 5) is 20.6. The molecule has 1 aromatic heterocycles. The average molecular weight is 364 g/mol. The van der Waals surface area contributed by atoms with E-state index < -0.39 is 0 Å². The minimum Gasteiger partial charge on any atom is -0.354 e. The van der Waals surface area contributed by atoms with Gasteiger partial charge in [-0.05, 0) is 36.1 Å². The van der Waals surface area contributed by atoms with Crippen LogP contribution in [0.15, 0.2) is 66.9 Å². The molecule has 138 valence electrons. The zero-order valence-electron chi connectivity index (χ0n) is 14.9. The van der Waals surface area contributed by atoms with Gasteiger partial charge in [0.25, 0.3) is 5.91 Å². The van der Waals surface area contributed by atoms with E-state index in [4.69, 9.17) is 0 Å². The smallest absolute Gasteiger partial charge is 0.270 e. The van der Waals surface area contributed by atoms with Crippen molar-refractivity contribution in [1.29, 1.82) is 0 Å². The van der Waals surface area contributed by atoms with Crippen LogP contribution in [0.5, 0.6) is 0 Å². The van der Waals surface area contributed by atoms with Crippen molar-refractivity contribution in [3.05, 3.63) is 89.5 Å². The predicted molar refractivity (Wildman–Crippen MR) is 103 cm³/mol. The maximum atomic E-state index is 13.6. The monoisotopic (exact) mass is 364 g/mol. The van der Waals surface area contributed by atoms with Gasteiger partial charge in [0.05, 0.1) is 0 Å². The summed E-state index contributed by atoms with van der Waals surface area (Å²) in [5.41, 5.74) is 2.09. The molecule has 27 heavy (non-hydrogen) atoms. The van der Waals surface area contributed by atoms with E-state index in [0.717, 1.165) is 12.0 Å². The molecule has 6 heteroatoms. The molecule has 1 amide bonds. The van der Waals surface area contributed by atoms with Crippen molar-refractivity contribution in [2.75, 3.05) is 18.4 Å². The molecule has 0 fully saturated rings. The number of carbonyl (C=O) groups is 1. The summed E-state index contributed by atoms with van der Waals surface area (Å²) in [6.45, 7) is 1.00. The summed E-state index contributed by atoms with van der Waals surface area (Å²) in [6.07, 6.45) is 2.79. The van der Waals surface area contributed by atoms with E-state index in [-0.39, 0.29) is 11.7 Å². The summed E-state index contributed by atoms with van der Waals surface area (Å²) in [5.74, 6) is -0.126. The molecule has 2 N–H and O–H groups in total. The molecule has 2 aromatic carbocycles. The Morgan fingerprint density at radius 3 is 2.52 bits per heavy atom. The van der Waals surface area contributed by atoms with Gasteiger partial charge >= 0.3 is 0 Å². The van der Waals surface area contributed by atoms with E-state index >= 15 is 0 Å². The average Bonchev–Trinajstić information content (AvgIpc) is 2.70. The molecule has 5 nitrogen and oxygen atoms in total. The Bertz CT molecular complexity index is 886. The fourth-order valence-electron chi connectivity index (χ4n) is 2.64. The predicted octanol–water partition coefficient (Wildman–Crippen LogP) is 3.24. The van der Waals surface area contributed by atoms with Crippen molar-refractivity contribution in [3.63, 3.8) is 0 Å². The molecule has 0 aliphatic heterocycles. The third-order valence-corrected chi connectivity index (χ3v) is 4.07. The lowest BCUT2D eigenvalue weighted by atomic mass is 10.1. The molecule has 0 radical (unpaired) electrons. The van der Waals surface area contributed by atoms with E-state index in [1.807, 2.05) is 30.3 Å². The Kier molecular flexibility index (Phi) is 6.46. The van der Waals surface area contributed by atoms with Crippen LogP contribution in [-0.2, 0) is 12.8 Å². The number of rotatable bonds is 8. The molecule has 0 unspecified atom stereocenters. The van der Waals surface area contributed by atoms with Crippen LogP contribution >= 0.6 is 0 Å². The van der Waals surface area contributed by atoms with Gasteiger partial charge in [0.2, 0.25) is 5.95 Å². The number of aromatic nitrogens is 2. The molecule has 0 atom stereocenters. The van der Waals surface area contributed by atoms with Crippen LogP contribution < -0.4 is 10.6 Å². The molecule has 0 spiro atoms. The van der Waals surface area contributed by atoms with Gasteiger partial charge in [-0.25, -0.2) is 14.4 Å². The topological polar surface area (TPSA) is 66.9 Å². The van der Waals surface area contributed by atoms with Crippen molar-refractivity contribution in [2.24, 2.45) is 0 Å². The highest BCUT2D eigenvalue weighted by atomic mass is 19.1. The molecule has 1 heterocycles. The molecular formula is C21H21FN4O. The number of benzene rings is 2. The standard InChI is InChI=1S/C21H21FN4O/c22-18-9-5-4-8-17(18)11-14-24-21-25-15-12-19(26-21)20(27)23-13-10-16-6-2-1-3-7-16/h1-9,12,15H,10-11,13-14H2,(H,23,27)(H,24,25,26). The number of anilines is 1. The quantitative estimate of drug-likeness (QED) is 0.644. The second kappa shape index (κ2) is 9.43. The first-order chi connectivity index (χ1) is 13.2. The number of nitrogens with one attached hydrogen (secondary N) is 2. The zero-order chi connectivity index (χ0) is 18.9. The molecule has 0 bridgehead atoms. The summed E-state index contributed by atoms with van der Waals surface area (Å²) >= 11 is 0. The van der Waals surface area contributed by atoms with Crippen LogP contribution in [0.4, 0.5) is 10.3 Å². The van der Waals surface area contributed by atoms with Crippen molar-refractivity contribution in [2.45, 2.75) is 12.8 Å². The van der Waals surface area contributed by atoms with Crippen LogP contribution in [-0.4, -0.2) is 29.0 Å². The number of carbonyl (C=O) groups excluding carboxylic acids is 1. The largest absolute Gasteiger partial charge is 0.354 e. The van der Waals surface area contributed by atoms with Crippen LogP contribution in [0.1, 0.15) is 21.6 Å². The molecule has 3 aromatic rings. The van der Waals surface area contributed by atoms with Gasteiger partial charge in [-0.3, -0.25) is 4.79 Å². The molecule has 0 saturated heterocycles. The summed E-state index contributed by atoms with van der Waals surface area (Å²) in [7, 11) is 0.